The summed E-state index contributed by atoms with van der Waals surface area (Å²) in [7, 11) is 0. The lowest BCUT2D eigenvalue weighted by Crippen LogP contribution is -2.60. The predicted molar refractivity (Wildman–Crippen MR) is 139 cm³/mol. The highest BCUT2D eigenvalue weighted by Gasteiger charge is 2.45. The fourth-order valence-corrected chi connectivity index (χ4v) is 4.31. The summed E-state index contributed by atoms with van der Waals surface area (Å²) in [6.07, 6.45) is -5.78. The maximum absolute atomic E-state index is 13.4. The highest BCUT2D eigenvalue weighted by molar-refractivity contribution is 5.70. The maximum atomic E-state index is 13.4. The first-order valence-corrected chi connectivity index (χ1v) is 12.2. The Kier molecular flexibility index (Phi) is 8.87. The van der Waals surface area contributed by atoms with Crippen molar-refractivity contribution in [2.24, 2.45) is 0 Å². The number of carbonyl (C=O) groups is 1. The first-order chi connectivity index (χ1) is 19.1. The van der Waals surface area contributed by atoms with E-state index < -0.39 is 61.2 Å². The van der Waals surface area contributed by atoms with Gasteiger partial charge in [-0.15, -0.1) is 0 Å². The van der Waals surface area contributed by atoms with E-state index in [0.717, 1.165) is 0 Å². The van der Waals surface area contributed by atoms with E-state index in [1.807, 2.05) is 0 Å². The Balaban J connectivity index is 1.81. The number of phenols is 2. The quantitative estimate of drug-likeness (QED) is 0.197. The molecule has 0 saturated carbocycles. The minimum atomic E-state index is -1.81. The molecule has 1 aliphatic heterocycles. The molecule has 12 nitrogen and oxygen atoms in total. The van der Waals surface area contributed by atoms with Gasteiger partial charge in [0.05, 0.1) is 18.6 Å². The Bertz CT molecular complexity index is 1390. The molecule has 2 heterocycles. The van der Waals surface area contributed by atoms with Gasteiger partial charge < -0.3 is 49.6 Å². The molecule has 0 spiro atoms. The van der Waals surface area contributed by atoms with Gasteiger partial charge in [-0.1, -0.05) is 30.3 Å². The molecule has 1 unspecified atom stereocenters. The third-order valence-electron chi connectivity index (χ3n) is 6.42. The second-order valence-electron chi connectivity index (χ2n) is 9.20. The Morgan fingerprint density at radius 2 is 1.55 bits per heavy atom. The highest BCUT2D eigenvalue weighted by atomic mass is 16.7. The van der Waals surface area contributed by atoms with Crippen LogP contribution < -0.4 is 10.4 Å². The van der Waals surface area contributed by atoms with Crippen molar-refractivity contribution in [2.45, 2.75) is 43.0 Å². The van der Waals surface area contributed by atoms with E-state index in [9.17, 15) is 45.3 Å². The SMILES string of the molecule is O=C(O)CC(c1ccc(O)cc1)c1c(O[C@@H]2O[C@H](CO)[C@@H](O)[C@H](O)[C@H]2O)cc(/C=C/c2ccc(O)cc2)oc1=O. The van der Waals surface area contributed by atoms with Crippen LogP contribution >= 0.6 is 0 Å². The van der Waals surface area contributed by atoms with Gasteiger partial charge in [0.1, 0.15) is 47.4 Å². The van der Waals surface area contributed by atoms with E-state index in [1.54, 1.807) is 18.2 Å². The van der Waals surface area contributed by atoms with Crippen molar-refractivity contribution in [3.8, 4) is 17.2 Å². The smallest absolute Gasteiger partial charge is 0.343 e. The van der Waals surface area contributed by atoms with E-state index in [1.165, 1.54) is 48.5 Å². The average Bonchev–Trinajstić information content (AvgIpc) is 2.92. The molecule has 12 heteroatoms. The van der Waals surface area contributed by atoms with Crippen LogP contribution in [0, 0.1) is 0 Å². The van der Waals surface area contributed by atoms with E-state index in [2.05, 4.69) is 0 Å². The molecule has 3 aromatic rings. The number of hydrogen-bond donors (Lipinski definition) is 7. The fourth-order valence-electron chi connectivity index (χ4n) is 4.31. The second kappa shape index (κ2) is 12.3. The molecule has 0 amide bonds. The Hall–Kier alpha value is -4.20. The Morgan fingerprint density at radius 1 is 0.925 bits per heavy atom. The van der Waals surface area contributed by atoms with Crippen LogP contribution in [0.15, 0.2) is 63.8 Å². The van der Waals surface area contributed by atoms with Crippen molar-refractivity contribution in [1.29, 1.82) is 0 Å². The minimum absolute atomic E-state index is 0.0267. The van der Waals surface area contributed by atoms with Gasteiger partial charge in [-0.3, -0.25) is 4.79 Å². The van der Waals surface area contributed by atoms with Crippen LogP contribution in [-0.4, -0.2) is 79.0 Å². The van der Waals surface area contributed by atoms with Gasteiger partial charge in [0, 0.05) is 12.0 Å². The number of hydrogen-bond acceptors (Lipinski definition) is 11. The molecule has 212 valence electrons. The van der Waals surface area contributed by atoms with E-state index in [0.29, 0.717) is 11.1 Å². The number of carboxylic acids is 1. The van der Waals surface area contributed by atoms with E-state index in [4.69, 9.17) is 13.9 Å². The van der Waals surface area contributed by atoms with Crippen LogP contribution in [0.5, 0.6) is 17.2 Å². The lowest BCUT2D eigenvalue weighted by molar-refractivity contribution is -0.277. The summed E-state index contributed by atoms with van der Waals surface area (Å²) in [5.41, 5.74) is -0.231. The lowest BCUT2D eigenvalue weighted by Gasteiger charge is -2.39. The van der Waals surface area contributed by atoms with Gasteiger partial charge >= 0.3 is 11.6 Å². The minimum Gasteiger partial charge on any atom is -0.508 e. The molecule has 1 fully saturated rings. The van der Waals surface area contributed by atoms with E-state index in [-0.39, 0.29) is 28.6 Å². The number of phenolic OH excluding ortho intramolecular Hbond substituents is 2. The molecule has 0 radical (unpaired) electrons. The molecule has 40 heavy (non-hydrogen) atoms. The third-order valence-corrected chi connectivity index (χ3v) is 6.42. The van der Waals surface area contributed by atoms with Crippen molar-refractivity contribution in [2.75, 3.05) is 6.61 Å². The van der Waals surface area contributed by atoms with Crippen LogP contribution in [0.3, 0.4) is 0 Å². The van der Waals surface area contributed by atoms with Crippen LogP contribution in [0.2, 0.25) is 0 Å². The predicted octanol–water partition coefficient (Wildman–Crippen LogP) is 1.01. The zero-order valence-corrected chi connectivity index (χ0v) is 20.9. The topological polar surface area (TPSA) is 207 Å². The standard InChI is InChI=1S/C28H28O12/c29-13-21-24(34)25(35)26(36)28(40-21)39-20-11-18(10-3-14-1-6-16(30)7-2-14)38-27(37)23(20)19(12-22(32)33)15-4-8-17(31)9-5-15/h1-11,19,21,24-26,28-31,34-36H,12-13H2,(H,32,33)/b10-3+/t19?,21-,24-,25+,26-,28-/m1/s1. The summed E-state index contributed by atoms with van der Waals surface area (Å²) < 4.78 is 16.7. The van der Waals surface area contributed by atoms with E-state index >= 15 is 0 Å². The highest BCUT2D eigenvalue weighted by Crippen LogP contribution is 2.36. The van der Waals surface area contributed by atoms with Gasteiger partial charge in [-0.05, 0) is 41.5 Å². The van der Waals surface area contributed by atoms with Gasteiger partial charge in [-0.25, -0.2) is 4.79 Å². The molecule has 0 bridgehead atoms. The molecule has 0 aliphatic carbocycles. The molecule has 6 atom stereocenters. The average molecular weight is 557 g/mol. The fraction of sp³-hybridized carbons (Fsp3) is 0.286. The first kappa shape index (κ1) is 28.8. The number of carboxylic acid groups (broad SMARTS) is 1. The number of aliphatic hydroxyl groups is 4. The molecule has 1 aliphatic rings. The van der Waals surface area contributed by atoms with Gasteiger partial charge in [0.25, 0.3) is 0 Å². The summed E-state index contributed by atoms with van der Waals surface area (Å²) in [6.45, 7) is -0.718. The van der Waals surface area contributed by atoms with Crippen LogP contribution in [-0.2, 0) is 9.53 Å². The number of aliphatic carboxylic acids is 1. The number of benzene rings is 2. The van der Waals surface area contributed by atoms with Gasteiger partial charge in [-0.2, -0.15) is 0 Å². The summed E-state index contributed by atoms with van der Waals surface area (Å²) in [5, 5.41) is 69.2. The summed E-state index contributed by atoms with van der Waals surface area (Å²) in [5.74, 6) is -2.69. The summed E-state index contributed by atoms with van der Waals surface area (Å²) in [6, 6.07) is 12.9. The van der Waals surface area contributed by atoms with Crippen molar-refractivity contribution in [3.63, 3.8) is 0 Å². The molecule has 1 saturated heterocycles. The summed E-state index contributed by atoms with van der Waals surface area (Å²) >= 11 is 0. The lowest BCUT2D eigenvalue weighted by atomic mass is 9.88. The number of aromatic hydroxyl groups is 2. The van der Waals surface area contributed by atoms with Crippen molar-refractivity contribution < 1.29 is 54.4 Å². The van der Waals surface area contributed by atoms with Crippen molar-refractivity contribution >= 4 is 18.1 Å². The van der Waals surface area contributed by atoms with Crippen LogP contribution in [0.4, 0.5) is 0 Å². The van der Waals surface area contributed by atoms with Crippen LogP contribution in [0.25, 0.3) is 12.2 Å². The Labute approximate surface area is 227 Å². The zero-order chi connectivity index (χ0) is 29.0. The number of ether oxygens (including phenoxy) is 2. The number of aliphatic hydroxyl groups excluding tert-OH is 4. The molecule has 2 aromatic carbocycles. The monoisotopic (exact) mass is 556 g/mol. The molecular formula is C28H28O12. The molecular weight excluding hydrogens is 528 g/mol. The number of rotatable bonds is 9. The third kappa shape index (κ3) is 6.50. The van der Waals surface area contributed by atoms with Crippen molar-refractivity contribution in [3.05, 3.63) is 87.5 Å². The molecule has 4 rings (SSSR count). The molecule has 1 aromatic heterocycles. The normalized spacial score (nSPS) is 23.6. The van der Waals surface area contributed by atoms with Gasteiger partial charge in [0.15, 0.2) is 0 Å². The molecule has 7 N–H and O–H groups in total. The van der Waals surface area contributed by atoms with Crippen molar-refractivity contribution in [1.82, 2.24) is 0 Å². The zero-order valence-electron chi connectivity index (χ0n) is 20.9. The first-order valence-electron chi connectivity index (χ1n) is 12.2. The van der Waals surface area contributed by atoms with Gasteiger partial charge in [0.2, 0.25) is 6.29 Å². The maximum Gasteiger partial charge on any atom is 0.343 e. The second-order valence-corrected chi connectivity index (χ2v) is 9.20. The Morgan fingerprint density at radius 3 is 2.15 bits per heavy atom. The largest absolute Gasteiger partial charge is 0.508 e. The summed E-state index contributed by atoms with van der Waals surface area (Å²) in [4.78, 5) is 25.1. The van der Waals surface area contributed by atoms with Crippen LogP contribution in [0.1, 0.15) is 34.8 Å².